The van der Waals surface area contributed by atoms with Crippen LogP contribution in [0, 0.1) is 17.0 Å². The predicted octanol–water partition coefficient (Wildman–Crippen LogP) is 7.23. The van der Waals surface area contributed by atoms with Crippen LogP contribution in [-0.4, -0.2) is 56.3 Å². The minimum absolute atomic E-state index is 0.0567. The van der Waals surface area contributed by atoms with Crippen LogP contribution in [0.1, 0.15) is 30.0 Å². The van der Waals surface area contributed by atoms with Gasteiger partial charge in [-0.25, -0.2) is 8.42 Å². The van der Waals surface area contributed by atoms with Crippen molar-refractivity contribution in [2.75, 3.05) is 24.5 Å². The van der Waals surface area contributed by atoms with Crippen molar-refractivity contribution in [1.82, 2.24) is 10.2 Å². The third-order valence-electron chi connectivity index (χ3n) is 7.83. The molecule has 1 atom stereocenters. The Morgan fingerprint density at radius 2 is 1.64 bits per heavy atom. The third-order valence-corrected chi connectivity index (χ3v) is 10.4. The lowest BCUT2D eigenvalue weighted by molar-refractivity contribution is -0.385. The largest absolute Gasteiger partial charge is 0.495 e. The van der Waals surface area contributed by atoms with Crippen LogP contribution in [0.4, 0.5) is 11.4 Å². The first-order valence-electron chi connectivity index (χ1n) is 15.4. The van der Waals surface area contributed by atoms with Crippen molar-refractivity contribution in [2.24, 2.45) is 0 Å². The van der Waals surface area contributed by atoms with E-state index in [1.165, 1.54) is 55.3 Å². The summed E-state index contributed by atoms with van der Waals surface area (Å²) in [5.74, 6) is -1.19. The topological polar surface area (TPSA) is 139 Å². The first-order chi connectivity index (χ1) is 23.8. The maximum Gasteiger partial charge on any atom is 0.273 e. The van der Waals surface area contributed by atoms with Gasteiger partial charge in [-0.3, -0.25) is 24.0 Å². The van der Waals surface area contributed by atoms with E-state index in [2.05, 4.69) is 5.32 Å². The number of rotatable bonds is 15. The number of nitro benzene ring substituents is 1. The molecule has 1 unspecified atom stereocenters. The molecular formula is C35H35Cl3N4O7S. The lowest BCUT2D eigenvalue weighted by Crippen LogP contribution is -2.53. The van der Waals surface area contributed by atoms with Crippen molar-refractivity contribution in [1.29, 1.82) is 0 Å². The highest BCUT2D eigenvalue weighted by Crippen LogP contribution is 2.36. The van der Waals surface area contributed by atoms with Crippen molar-refractivity contribution in [3.63, 3.8) is 0 Å². The number of hydrogen-bond acceptors (Lipinski definition) is 7. The Labute approximate surface area is 305 Å². The third kappa shape index (κ3) is 9.25. The van der Waals surface area contributed by atoms with E-state index in [0.717, 1.165) is 15.9 Å². The first-order valence-corrected chi connectivity index (χ1v) is 18.0. The molecule has 0 aliphatic heterocycles. The molecule has 0 aromatic heterocycles. The van der Waals surface area contributed by atoms with Gasteiger partial charge in [-0.2, -0.15) is 0 Å². The second kappa shape index (κ2) is 17.0. The maximum absolute atomic E-state index is 14.7. The number of hydrogen-bond donors (Lipinski definition) is 1. The minimum atomic E-state index is -4.71. The zero-order valence-corrected chi connectivity index (χ0v) is 30.5. The van der Waals surface area contributed by atoms with Crippen LogP contribution >= 0.6 is 34.8 Å². The van der Waals surface area contributed by atoms with E-state index in [1.54, 1.807) is 24.3 Å². The van der Waals surface area contributed by atoms with Crippen LogP contribution in [-0.2, 0) is 32.6 Å². The molecular weight excluding hydrogens is 727 g/mol. The number of carbonyl (C=O) groups excluding carboxylic acids is 2. The molecule has 4 rings (SSSR count). The summed E-state index contributed by atoms with van der Waals surface area (Å²) in [5.41, 5.74) is 0.914. The Morgan fingerprint density at radius 3 is 2.28 bits per heavy atom. The van der Waals surface area contributed by atoms with E-state index >= 15 is 0 Å². The molecule has 0 radical (unpaired) electrons. The lowest BCUT2D eigenvalue weighted by Gasteiger charge is -2.34. The Kier molecular flexibility index (Phi) is 13.1. The summed E-state index contributed by atoms with van der Waals surface area (Å²) in [7, 11) is -3.39. The number of aryl methyl sites for hydroxylation is 1. The summed E-state index contributed by atoms with van der Waals surface area (Å²) < 4.78 is 35.2. The molecule has 0 aliphatic carbocycles. The lowest BCUT2D eigenvalue weighted by atomic mass is 10.0. The molecule has 1 N–H and O–H groups in total. The zero-order valence-electron chi connectivity index (χ0n) is 27.4. The number of ether oxygens (including phenoxy) is 1. The molecule has 0 heterocycles. The molecule has 0 saturated heterocycles. The van der Waals surface area contributed by atoms with E-state index in [4.69, 9.17) is 39.5 Å². The van der Waals surface area contributed by atoms with Gasteiger partial charge in [0.25, 0.3) is 15.7 Å². The molecule has 50 heavy (non-hydrogen) atoms. The van der Waals surface area contributed by atoms with Crippen molar-refractivity contribution < 1.29 is 27.7 Å². The van der Waals surface area contributed by atoms with E-state index in [9.17, 15) is 28.1 Å². The van der Waals surface area contributed by atoms with Crippen molar-refractivity contribution in [2.45, 2.75) is 44.2 Å². The molecule has 4 aromatic carbocycles. The second-order valence-corrected chi connectivity index (χ2v) is 14.4. The number of sulfonamides is 1. The van der Waals surface area contributed by atoms with Gasteiger partial charge in [-0.1, -0.05) is 84.2 Å². The first kappa shape index (κ1) is 38.4. The van der Waals surface area contributed by atoms with Crippen molar-refractivity contribution in [3.05, 3.63) is 127 Å². The highest BCUT2D eigenvalue weighted by atomic mass is 35.5. The molecule has 0 spiro atoms. The summed E-state index contributed by atoms with van der Waals surface area (Å²) in [4.78, 5) is 40.5. The molecule has 2 amide bonds. The van der Waals surface area contributed by atoms with Gasteiger partial charge in [-0.05, 0) is 60.9 Å². The highest BCUT2D eigenvalue weighted by molar-refractivity contribution is 7.92. The number of nitrogens with one attached hydrogen (secondary N) is 1. The van der Waals surface area contributed by atoms with Gasteiger partial charge >= 0.3 is 0 Å². The quantitative estimate of drug-likeness (QED) is 0.0996. The highest BCUT2D eigenvalue weighted by Gasteiger charge is 2.36. The van der Waals surface area contributed by atoms with Gasteiger partial charge in [0.1, 0.15) is 18.3 Å². The number of halogens is 3. The van der Waals surface area contributed by atoms with Gasteiger partial charge in [0.2, 0.25) is 11.8 Å². The number of methoxy groups -OCH3 is 1. The van der Waals surface area contributed by atoms with Gasteiger partial charge in [0, 0.05) is 46.2 Å². The fourth-order valence-electron chi connectivity index (χ4n) is 5.20. The van der Waals surface area contributed by atoms with Crippen LogP contribution in [0.3, 0.4) is 0 Å². The molecule has 4 aromatic rings. The predicted molar refractivity (Wildman–Crippen MR) is 195 cm³/mol. The number of anilines is 1. The number of benzene rings is 4. The van der Waals surface area contributed by atoms with E-state index in [-0.39, 0.29) is 40.0 Å². The summed E-state index contributed by atoms with van der Waals surface area (Å²) in [6.45, 7) is 2.66. The van der Waals surface area contributed by atoms with Gasteiger partial charge < -0.3 is 15.0 Å². The van der Waals surface area contributed by atoms with E-state index in [0.29, 0.717) is 23.6 Å². The molecule has 0 fully saturated rings. The maximum atomic E-state index is 14.7. The summed E-state index contributed by atoms with van der Waals surface area (Å²) in [6.07, 6.45) is 0.717. The van der Waals surface area contributed by atoms with Crippen molar-refractivity contribution >= 4 is 68.0 Å². The Hall–Kier alpha value is -4.36. The average molecular weight is 762 g/mol. The normalized spacial score (nSPS) is 11.8. The summed E-state index contributed by atoms with van der Waals surface area (Å²) in [5, 5.41) is 15.4. The number of carbonyl (C=O) groups is 2. The minimum Gasteiger partial charge on any atom is -0.495 e. The van der Waals surface area contributed by atoms with Gasteiger partial charge in [0.05, 0.1) is 22.6 Å². The van der Waals surface area contributed by atoms with Crippen LogP contribution in [0.5, 0.6) is 5.75 Å². The Bertz CT molecular complexity index is 1980. The van der Waals surface area contributed by atoms with E-state index in [1.807, 2.05) is 25.1 Å². The standard InChI is InChI=1S/C35H35Cl3N4O7S/c1-4-16-39-35(44)32(17-24-8-6-5-7-9-24)40(21-25-11-12-26(36)18-29(25)38)34(43)22-41(31-19-27(37)13-15-33(31)49-3)50(47,48)28-14-10-23(2)30(20-28)42(45)46/h5-15,18-20,32H,4,16-17,21-22H2,1-3H3,(H,39,44). The van der Waals surface area contributed by atoms with Crippen LogP contribution in [0.2, 0.25) is 15.1 Å². The smallest absolute Gasteiger partial charge is 0.273 e. The molecule has 0 aliphatic rings. The Morgan fingerprint density at radius 1 is 0.960 bits per heavy atom. The number of nitrogens with zero attached hydrogens (tertiary/aromatic N) is 3. The van der Waals surface area contributed by atoms with Crippen molar-refractivity contribution in [3.8, 4) is 5.75 Å². The summed E-state index contributed by atoms with van der Waals surface area (Å²) in [6, 6.07) is 20.3. The average Bonchev–Trinajstić information content (AvgIpc) is 3.08. The van der Waals surface area contributed by atoms with Gasteiger partial charge in [0.15, 0.2) is 0 Å². The molecule has 15 heteroatoms. The van der Waals surface area contributed by atoms with Gasteiger partial charge in [-0.15, -0.1) is 0 Å². The zero-order chi connectivity index (χ0) is 36.6. The van der Waals surface area contributed by atoms with Crippen LogP contribution in [0.25, 0.3) is 0 Å². The monoisotopic (exact) mass is 760 g/mol. The van der Waals surface area contributed by atoms with E-state index < -0.39 is 49.9 Å². The fraction of sp³-hybridized carbons (Fsp3) is 0.257. The number of amides is 2. The molecule has 11 nitrogen and oxygen atoms in total. The Balaban J connectivity index is 1.90. The number of nitro groups is 1. The SMILES string of the molecule is CCCNC(=O)C(Cc1ccccc1)N(Cc1ccc(Cl)cc1Cl)C(=O)CN(c1cc(Cl)ccc1OC)S(=O)(=O)c1ccc(C)c([N+](=O)[O-])c1. The molecule has 0 bridgehead atoms. The fourth-order valence-corrected chi connectivity index (χ4v) is 7.27. The second-order valence-electron chi connectivity index (χ2n) is 11.3. The summed E-state index contributed by atoms with van der Waals surface area (Å²) >= 11 is 19.0. The van der Waals surface area contributed by atoms with Crippen LogP contribution < -0.4 is 14.4 Å². The molecule has 0 saturated carbocycles. The molecule has 264 valence electrons. The van der Waals surface area contributed by atoms with Crippen LogP contribution in [0.15, 0.2) is 89.8 Å².